The Balaban J connectivity index is 1.86. The maximum absolute atomic E-state index is 12.3. The summed E-state index contributed by atoms with van der Waals surface area (Å²) in [5, 5.41) is 7.44. The zero-order valence-electron chi connectivity index (χ0n) is 13.4. The summed E-state index contributed by atoms with van der Waals surface area (Å²) in [5.41, 5.74) is 1.25. The van der Waals surface area contributed by atoms with Crippen molar-refractivity contribution < 1.29 is 14.2 Å². The van der Waals surface area contributed by atoms with Gasteiger partial charge in [0.25, 0.3) is 0 Å². The van der Waals surface area contributed by atoms with Crippen molar-refractivity contribution in [3.8, 4) is 0 Å². The van der Waals surface area contributed by atoms with Crippen LogP contribution in [0.4, 0.5) is 0 Å². The fraction of sp³-hybridized carbons (Fsp3) is 0.714. The first-order chi connectivity index (χ1) is 10.5. The Morgan fingerprint density at radius 2 is 1.95 bits per heavy atom. The second-order valence-electron chi connectivity index (χ2n) is 5.77. The summed E-state index contributed by atoms with van der Waals surface area (Å²) in [5.74, 6) is 0.114. The van der Waals surface area contributed by atoms with E-state index in [1.807, 2.05) is 4.90 Å². The molecular formula is C14H23N5O3. The van der Waals surface area contributed by atoms with Crippen molar-refractivity contribution in [2.45, 2.75) is 19.8 Å². The molecule has 2 amide bonds. The first-order valence-electron chi connectivity index (χ1n) is 7.45. The topological polar surface area (TPSA) is 82.8 Å². The number of hydrogen-bond acceptors (Lipinski definition) is 6. The summed E-state index contributed by atoms with van der Waals surface area (Å²) in [7, 11) is 3.51. The predicted molar refractivity (Wildman–Crippen MR) is 79.1 cm³/mol. The summed E-state index contributed by atoms with van der Waals surface area (Å²) in [6.07, 6.45) is 1.08. The Kier molecular flexibility index (Phi) is 5.48. The smallest absolute Gasteiger partial charge is 0.236 e. The van der Waals surface area contributed by atoms with Crippen molar-refractivity contribution in [1.82, 2.24) is 25.0 Å². The number of carbonyl (C=O) groups excluding carboxylic acids is 2. The summed E-state index contributed by atoms with van der Waals surface area (Å²) >= 11 is 0. The van der Waals surface area contributed by atoms with Crippen LogP contribution in [0.25, 0.3) is 0 Å². The van der Waals surface area contributed by atoms with E-state index >= 15 is 0 Å². The van der Waals surface area contributed by atoms with Crippen LogP contribution in [0.15, 0.2) is 4.63 Å². The van der Waals surface area contributed by atoms with E-state index in [0.717, 1.165) is 13.0 Å². The number of carbonyl (C=O) groups is 2. The van der Waals surface area contributed by atoms with Crippen LogP contribution in [0.5, 0.6) is 0 Å². The third kappa shape index (κ3) is 4.27. The molecule has 0 aliphatic carbocycles. The van der Waals surface area contributed by atoms with Crippen LogP contribution in [0.3, 0.4) is 0 Å². The number of aryl methyl sites for hydroxylation is 1. The number of likely N-dealkylation sites (N-methyl/N-ethyl adjacent to an activating group) is 1. The number of hydrogen-bond donors (Lipinski definition) is 0. The SMILES string of the molecule is Cc1nonc1CC(=O)N1CCCN(CC(=O)N(C)C)CC1. The molecule has 1 fully saturated rings. The Morgan fingerprint density at radius 1 is 1.18 bits per heavy atom. The van der Waals surface area contributed by atoms with E-state index in [4.69, 9.17) is 0 Å². The number of amides is 2. The molecule has 0 saturated carbocycles. The summed E-state index contributed by atoms with van der Waals surface area (Å²) in [6, 6.07) is 0. The van der Waals surface area contributed by atoms with Gasteiger partial charge in [-0.25, -0.2) is 4.63 Å². The quantitative estimate of drug-likeness (QED) is 0.749. The molecule has 1 aliphatic heterocycles. The van der Waals surface area contributed by atoms with Gasteiger partial charge in [-0.05, 0) is 13.3 Å². The van der Waals surface area contributed by atoms with Crippen LogP contribution >= 0.6 is 0 Å². The Morgan fingerprint density at radius 3 is 2.59 bits per heavy atom. The summed E-state index contributed by atoms with van der Waals surface area (Å²) < 4.78 is 4.62. The van der Waals surface area contributed by atoms with Crippen LogP contribution in [-0.4, -0.2) is 83.6 Å². The van der Waals surface area contributed by atoms with E-state index in [-0.39, 0.29) is 18.2 Å². The molecule has 0 unspecified atom stereocenters. The molecule has 1 aromatic rings. The van der Waals surface area contributed by atoms with Crippen LogP contribution in [0.1, 0.15) is 17.8 Å². The standard InChI is InChI=1S/C14H23N5O3/c1-11-12(16-22-15-11)9-13(20)19-6-4-5-18(7-8-19)10-14(21)17(2)3/h4-10H2,1-3H3. The molecular weight excluding hydrogens is 286 g/mol. The molecule has 8 nitrogen and oxygen atoms in total. The van der Waals surface area contributed by atoms with Gasteiger partial charge in [0.15, 0.2) is 0 Å². The highest BCUT2D eigenvalue weighted by molar-refractivity contribution is 5.79. The van der Waals surface area contributed by atoms with Crippen molar-refractivity contribution in [2.75, 3.05) is 46.8 Å². The zero-order valence-corrected chi connectivity index (χ0v) is 13.4. The lowest BCUT2D eigenvalue weighted by Crippen LogP contribution is -2.40. The average molecular weight is 309 g/mol. The molecule has 0 atom stereocenters. The van der Waals surface area contributed by atoms with Crippen LogP contribution in [0, 0.1) is 6.92 Å². The minimum atomic E-state index is 0.0274. The van der Waals surface area contributed by atoms with Crippen molar-refractivity contribution in [3.05, 3.63) is 11.4 Å². The highest BCUT2D eigenvalue weighted by atomic mass is 16.6. The molecule has 1 aromatic heterocycles. The average Bonchev–Trinajstić information content (AvgIpc) is 2.74. The lowest BCUT2D eigenvalue weighted by molar-refractivity contribution is -0.130. The highest BCUT2D eigenvalue weighted by Gasteiger charge is 2.22. The van der Waals surface area contributed by atoms with Gasteiger partial charge in [-0.1, -0.05) is 10.3 Å². The monoisotopic (exact) mass is 309 g/mol. The molecule has 2 rings (SSSR count). The van der Waals surface area contributed by atoms with Gasteiger partial charge in [-0.15, -0.1) is 0 Å². The Hall–Kier alpha value is -1.96. The first-order valence-corrected chi connectivity index (χ1v) is 7.45. The first kappa shape index (κ1) is 16.4. The minimum absolute atomic E-state index is 0.0274. The van der Waals surface area contributed by atoms with Gasteiger partial charge in [0, 0.05) is 40.3 Å². The van der Waals surface area contributed by atoms with Gasteiger partial charge in [-0.3, -0.25) is 14.5 Å². The summed E-state index contributed by atoms with van der Waals surface area (Å²) in [4.78, 5) is 29.6. The van der Waals surface area contributed by atoms with Gasteiger partial charge >= 0.3 is 0 Å². The second kappa shape index (κ2) is 7.35. The van der Waals surface area contributed by atoms with E-state index in [2.05, 4.69) is 19.8 Å². The summed E-state index contributed by atoms with van der Waals surface area (Å²) in [6.45, 7) is 5.05. The fourth-order valence-corrected chi connectivity index (χ4v) is 2.38. The van der Waals surface area contributed by atoms with Crippen molar-refractivity contribution >= 4 is 11.8 Å². The van der Waals surface area contributed by atoms with Crippen LogP contribution in [-0.2, 0) is 16.0 Å². The van der Waals surface area contributed by atoms with Crippen molar-refractivity contribution in [2.24, 2.45) is 0 Å². The molecule has 2 heterocycles. The third-order valence-corrected chi connectivity index (χ3v) is 3.86. The Bertz CT molecular complexity index is 528. The molecule has 0 spiro atoms. The van der Waals surface area contributed by atoms with Gasteiger partial charge in [-0.2, -0.15) is 0 Å². The zero-order chi connectivity index (χ0) is 16.1. The third-order valence-electron chi connectivity index (χ3n) is 3.86. The number of nitrogens with zero attached hydrogens (tertiary/aromatic N) is 5. The maximum atomic E-state index is 12.3. The number of aromatic nitrogens is 2. The van der Waals surface area contributed by atoms with Gasteiger partial charge in [0.05, 0.1) is 13.0 Å². The molecule has 122 valence electrons. The van der Waals surface area contributed by atoms with Crippen molar-refractivity contribution in [1.29, 1.82) is 0 Å². The molecule has 1 aliphatic rings. The van der Waals surface area contributed by atoms with E-state index < -0.39 is 0 Å². The van der Waals surface area contributed by atoms with E-state index in [1.165, 1.54) is 0 Å². The maximum Gasteiger partial charge on any atom is 0.236 e. The molecule has 8 heteroatoms. The van der Waals surface area contributed by atoms with Crippen molar-refractivity contribution in [3.63, 3.8) is 0 Å². The van der Waals surface area contributed by atoms with E-state index in [0.29, 0.717) is 37.6 Å². The van der Waals surface area contributed by atoms with E-state index in [1.54, 1.807) is 25.9 Å². The molecule has 0 N–H and O–H groups in total. The van der Waals surface area contributed by atoms with Crippen LogP contribution < -0.4 is 0 Å². The number of rotatable bonds is 4. The van der Waals surface area contributed by atoms with Crippen LogP contribution in [0.2, 0.25) is 0 Å². The molecule has 0 radical (unpaired) electrons. The van der Waals surface area contributed by atoms with Gasteiger partial charge in [0.1, 0.15) is 11.4 Å². The molecule has 22 heavy (non-hydrogen) atoms. The van der Waals surface area contributed by atoms with Gasteiger partial charge < -0.3 is 9.80 Å². The lowest BCUT2D eigenvalue weighted by atomic mass is 10.2. The molecule has 1 saturated heterocycles. The van der Waals surface area contributed by atoms with Gasteiger partial charge in [0.2, 0.25) is 11.8 Å². The highest BCUT2D eigenvalue weighted by Crippen LogP contribution is 2.08. The fourth-order valence-electron chi connectivity index (χ4n) is 2.38. The minimum Gasteiger partial charge on any atom is -0.348 e. The normalized spacial score (nSPS) is 16.4. The second-order valence-corrected chi connectivity index (χ2v) is 5.77. The Labute approximate surface area is 130 Å². The lowest BCUT2D eigenvalue weighted by Gasteiger charge is -2.22. The van der Waals surface area contributed by atoms with E-state index in [9.17, 15) is 9.59 Å². The largest absolute Gasteiger partial charge is 0.348 e. The molecule has 0 bridgehead atoms. The molecule has 0 aromatic carbocycles. The predicted octanol–water partition coefficient (Wildman–Crippen LogP) is -0.457.